The third kappa shape index (κ3) is 4.48. The van der Waals surface area contributed by atoms with Crippen molar-refractivity contribution in [2.45, 2.75) is 22.6 Å². The molecule has 30 heavy (non-hydrogen) atoms. The molecule has 3 rings (SSSR count). The zero-order valence-corrected chi connectivity index (χ0v) is 17.1. The van der Waals surface area contributed by atoms with Crippen LogP contribution >= 0.6 is 0 Å². The van der Waals surface area contributed by atoms with Crippen LogP contribution in [0.5, 0.6) is 0 Å². The van der Waals surface area contributed by atoms with E-state index in [9.17, 15) is 31.7 Å². The van der Waals surface area contributed by atoms with Crippen molar-refractivity contribution in [3.05, 3.63) is 64.2 Å². The van der Waals surface area contributed by atoms with Crippen LogP contribution in [-0.4, -0.2) is 45.1 Å². The van der Waals surface area contributed by atoms with Crippen molar-refractivity contribution in [2.75, 3.05) is 13.1 Å². The number of hydrogen-bond donors (Lipinski definition) is 2. The summed E-state index contributed by atoms with van der Waals surface area (Å²) >= 11 is 0. The number of hydrazine groups is 1. The Labute approximate surface area is 172 Å². The lowest BCUT2D eigenvalue weighted by Crippen LogP contribution is -2.41. The summed E-state index contributed by atoms with van der Waals surface area (Å²) in [4.78, 5) is 23.6. The molecule has 0 bridgehead atoms. The van der Waals surface area contributed by atoms with Crippen molar-refractivity contribution >= 4 is 31.6 Å². The van der Waals surface area contributed by atoms with Crippen molar-refractivity contribution in [2.24, 2.45) is 0 Å². The number of amides is 1. The average molecular weight is 454 g/mol. The molecule has 160 valence electrons. The van der Waals surface area contributed by atoms with Gasteiger partial charge >= 0.3 is 0 Å². The van der Waals surface area contributed by atoms with Crippen LogP contribution < -0.4 is 10.3 Å². The van der Waals surface area contributed by atoms with Gasteiger partial charge in [-0.1, -0.05) is 18.2 Å². The van der Waals surface area contributed by atoms with Gasteiger partial charge in [0.05, 0.1) is 9.82 Å². The molecule has 1 aliphatic rings. The zero-order chi connectivity index (χ0) is 21.9. The monoisotopic (exact) mass is 454 g/mol. The Morgan fingerprint density at radius 3 is 2.33 bits per heavy atom. The molecule has 2 aromatic carbocycles. The number of nitro benzene ring substituents is 1. The smallest absolute Gasteiger partial charge is 0.273 e. The lowest BCUT2D eigenvalue weighted by Gasteiger charge is -2.16. The minimum absolute atomic E-state index is 0.0846. The number of nitrogens with zero attached hydrogens (tertiary/aromatic N) is 2. The van der Waals surface area contributed by atoms with E-state index in [4.69, 9.17) is 0 Å². The molecule has 11 nitrogen and oxygen atoms in total. The van der Waals surface area contributed by atoms with Gasteiger partial charge in [-0.25, -0.2) is 16.8 Å². The molecule has 1 heterocycles. The summed E-state index contributed by atoms with van der Waals surface area (Å²) in [7, 11) is -8.20. The van der Waals surface area contributed by atoms with E-state index in [1.807, 2.05) is 5.43 Å². The minimum atomic E-state index is -4.44. The van der Waals surface area contributed by atoms with Crippen molar-refractivity contribution < 1.29 is 26.6 Å². The third-order valence-electron chi connectivity index (χ3n) is 4.45. The summed E-state index contributed by atoms with van der Waals surface area (Å²) in [5.41, 5.74) is 1.19. The summed E-state index contributed by atoms with van der Waals surface area (Å²) in [6, 6.07) is 9.83. The second-order valence-electron chi connectivity index (χ2n) is 6.42. The van der Waals surface area contributed by atoms with Gasteiger partial charge in [0, 0.05) is 24.7 Å². The average Bonchev–Trinajstić information content (AvgIpc) is 3.28. The van der Waals surface area contributed by atoms with Crippen molar-refractivity contribution in [3.8, 4) is 0 Å². The number of carbonyl (C=O) groups excluding carboxylic acids is 1. The molecule has 0 unspecified atom stereocenters. The summed E-state index contributed by atoms with van der Waals surface area (Å²) in [6.07, 6.45) is 1.51. The second kappa shape index (κ2) is 8.47. The summed E-state index contributed by atoms with van der Waals surface area (Å²) in [6.45, 7) is 0.794. The van der Waals surface area contributed by atoms with Crippen LogP contribution in [0.2, 0.25) is 0 Å². The van der Waals surface area contributed by atoms with Crippen molar-refractivity contribution in [3.63, 3.8) is 0 Å². The largest absolute Gasteiger partial charge is 0.289 e. The Kier molecular flexibility index (Phi) is 6.17. The number of nitrogens with one attached hydrogen (secondary N) is 2. The molecule has 0 aromatic heterocycles. The van der Waals surface area contributed by atoms with E-state index in [1.54, 1.807) is 4.83 Å². The van der Waals surface area contributed by atoms with Crippen molar-refractivity contribution in [1.82, 2.24) is 14.6 Å². The standard InChI is InChI=1S/C17H18N4O7S2/c22-17(18-19-29(25,26)16-9-2-1-8-15(16)21(23)24)13-6-5-7-14(12-13)30(27,28)20-10-3-4-11-20/h1-2,5-9,12,19H,3-4,10-11H2,(H,18,22). The maximum atomic E-state index is 12.6. The topological polar surface area (TPSA) is 156 Å². The molecule has 0 radical (unpaired) electrons. The number of para-hydroxylation sites is 1. The minimum Gasteiger partial charge on any atom is -0.273 e. The Balaban J connectivity index is 1.78. The fraction of sp³-hybridized carbons (Fsp3) is 0.235. The van der Waals surface area contributed by atoms with Crippen LogP contribution in [0.25, 0.3) is 0 Å². The third-order valence-corrected chi connectivity index (χ3v) is 7.64. The highest BCUT2D eigenvalue weighted by Crippen LogP contribution is 2.23. The first-order valence-corrected chi connectivity index (χ1v) is 11.7. The maximum Gasteiger partial charge on any atom is 0.289 e. The van der Waals surface area contributed by atoms with Crippen LogP contribution in [0, 0.1) is 10.1 Å². The maximum absolute atomic E-state index is 12.6. The van der Waals surface area contributed by atoms with Gasteiger partial charge in [-0.2, -0.15) is 4.31 Å². The summed E-state index contributed by atoms with van der Waals surface area (Å²) in [5.74, 6) is -0.921. The molecule has 0 saturated carbocycles. The quantitative estimate of drug-likeness (QED) is 0.467. The number of carbonyl (C=O) groups is 1. The van der Waals surface area contributed by atoms with Crippen molar-refractivity contribution in [1.29, 1.82) is 0 Å². The van der Waals surface area contributed by atoms with E-state index in [1.165, 1.54) is 34.6 Å². The normalized spacial score (nSPS) is 15.1. The summed E-state index contributed by atoms with van der Waals surface area (Å²) in [5, 5.41) is 11.0. The molecule has 0 spiro atoms. The molecule has 2 aromatic rings. The summed E-state index contributed by atoms with van der Waals surface area (Å²) < 4.78 is 51.3. The number of sulfonamides is 2. The first-order valence-electron chi connectivity index (χ1n) is 8.79. The van der Waals surface area contributed by atoms with E-state index in [0.717, 1.165) is 31.0 Å². The van der Waals surface area contributed by atoms with Gasteiger partial charge in [0.1, 0.15) is 0 Å². The molecule has 1 saturated heterocycles. The van der Waals surface area contributed by atoms with Crippen LogP contribution in [0.3, 0.4) is 0 Å². The predicted molar refractivity (Wildman–Crippen MR) is 105 cm³/mol. The highest BCUT2D eigenvalue weighted by atomic mass is 32.2. The van der Waals surface area contributed by atoms with E-state index in [0.29, 0.717) is 13.1 Å². The van der Waals surface area contributed by atoms with Crippen LogP contribution in [0.1, 0.15) is 23.2 Å². The van der Waals surface area contributed by atoms with Gasteiger partial charge in [-0.15, -0.1) is 4.83 Å². The molecule has 2 N–H and O–H groups in total. The second-order valence-corrected chi connectivity index (χ2v) is 10.0. The van der Waals surface area contributed by atoms with Gasteiger partial charge in [-0.3, -0.25) is 20.3 Å². The lowest BCUT2D eigenvalue weighted by molar-refractivity contribution is -0.387. The van der Waals surface area contributed by atoms with Gasteiger partial charge < -0.3 is 0 Å². The van der Waals surface area contributed by atoms with E-state index < -0.39 is 41.5 Å². The highest BCUT2D eigenvalue weighted by Gasteiger charge is 2.28. The number of hydrogen-bond acceptors (Lipinski definition) is 7. The molecule has 1 aliphatic heterocycles. The van der Waals surface area contributed by atoms with Gasteiger partial charge in [0.25, 0.3) is 21.6 Å². The first kappa shape index (κ1) is 21.8. The van der Waals surface area contributed by atoms with Gasteiger partial charge in [0.2, 0.25) is 10.0 Å². The number of rotatable bonds is 7. The van der Waals surface area contributed by atoms with E-state index in [-0.39, 0.29) is 10.5 Å². The highest BCUT2D eigenvalue weighted by molar-refractivity contribution is 7.89. The van der Waals surface area contributed by atoms with Crippen LogP contribution in [0.4, 0.5) is 5.69 Å². The molecule has 1 fully saturated rings. The Bertz CT molecular complexity index is 1190. The van der Waals surface area contributed by atoms with Gasteiger partial charge in [0.15, 0.2) is 4.90 Å². The Morgan fingerprint density at radius 2 is 1.67 bits per heavy atom. The molecule has 13 heteroatoms. The van der Waals surface area contributed by atoms with Gasteiger partial charge in [-0.05, 0) is 37.1 Å². The van der Waals surface area contributed by atoms with E-state index in [2.05, 4.69) is 0 Å². The van der Waals surface area contributed by atoms with Crippen LogP contribution in [0.15, 0.2) is 58.3 Å². The molecular weight excluding hydrogens is 436 g/mol. The number of benzene rings is 2. The predicted octanol–water partition coefficient (Wildman–Crippen LogP) is 1.00. The lowest BCUT2D eigenvalue weighted by atomic mass is 10.2. The Hall–Kier alpha value is -2.87. The number of nitro groups is 1. The Morgan fingerprint density at radius 1 is 1.00 bits per heavy atom. The zero-order valence-electron chi connectivity index (χ0n) is 15.5. The molecular formula is C17H18N4O7S2. The molecule has 0 aliphatic carbocycles. The SMILES string of the molecule is O=C(NNS(=O)(=O)c1ccccc1[N+](=O)[O-])c1cccc(S(=O)(=O)N2CCCC2)c1. The molecule has 1 amide bonds. The fourth-order valence-electron chi connectivity index (χ4n) is 2.95. The van der Waals surface area contributed by atoms with Crippen LogP contribution in [-0.2, 0) is 20.0 Å². The fourth-order valence-corrected chi connectivity index (χ4v) is 5.53. The first-order chi connectivity index (χ1) is 14.1. The van der Waals surface area contributed by atoms with E-state index >= 15 is 0 Å². The molecule has 0 atom stereocenters.